The molecule has 3 rings (SSSR count). The minimum absolute atomic E-state index is 0.170. The first-order valence-corrected chi connectivity index (χ1v) is 10.1. The van der Waals surface area contributed by atoms with Crippen LogP contribution < -0.4 is 19.6 Å². The highest BCUT2D eigenvalue weighted by Gasteiger charge is 2.07. The van der Waals surface area contributed by atoms with Gasteiger partial charge in [-0.25, -0.2) is 5.43 Å². The lowest BCUT2D eigenvalue weighted by atomic mass is 10.2. The zero-order valence-corrected chi connectivity index (χ0v) is 18.2. The minimum Gasteiger partial charge on any atom is -0.493 e. The predicted octanol–water partition coefficient (Wildman–Crippen LogP) is 5.11. The Bertz CT molecular complexity index is 1060. The summed E-state index contributed by atoms with van der Waals surface area (Å²) in [5.74, 6) is 1.26. The van der Waals surface area contributed by atoms with Gasteiger partial charge in [0.05, 0.1) is 13.3 Å². The maximum atomic E-state index is 11.9. The molecule has 0 unspecified atom stereocenters. The summed E-state index contributed by atoms with van der Waals surface area (Å²) >= 11 is 12.0. The molecule has 8 heteroatoms. The van der Waals surface area contributed by atoms with Crippen molar-refractivity contribution < 1.29 is 19.0 Å². The van der Waals surface area contributed by atoms with Crippen LogP contribution in [0.5, 0.6) is 17.2 Å². The highest BCUT2D eigenvalue weighted by atomic mass is 35.5. The molecule has 0 saturated heterocycles. The third kappa shape index (κ3) is 6.91. The highest BCUT2D eigenvalue weighted by Crippen LogP contribution is 2.29. The summed E-state index contributed by atoms with van der Waals surface area (Å²) in [5, 5.41) is 5.17. The Morgan fingerprint density at radius 1 is 1.00 bits per heavy atom. The molecule has 0 aromatic heterocycles. The normalized spacial score (nSPS) is 10.7. The Morgan fingerprint density at radius 2 is 1.77 bits per heavy atom. The van der Waals surface area contributed by atoms with Crippen LogP contribution in [0, 0.1) is 0 Å². The Morgan fingerprint density at radius 3 is 2.52 bits per heavy atom. The fourth-order valence-corrected chi connectivity index (χ4v) is 2.86. The number of rotatable bonds is 9. The number of hydrazone groups is 1. The van der Waals surface area contributed by atoms with E-state index in [1.165, 1.54) is 6.21 Å². The highest BCUT2D eigenvalue weighted by molar-refractivity contribution is 6.31. The average molecular weight is 459 g/mol. The fraction of sp³-hybridized carbons (Fsp3) is 0.130. The van der Waals surface area contributed by atoms with Crippen molar-refractivity contribution in [3.63, 3.8) is 0 Å². The van der Waals surface area contributed by atoms with E-state index in [0.29, 0.717) is 33.9 Å². The molecule has 160 valence electrons. The summed E-state index contributed by atoms with van der Waals surface area (Å²) in [6.07, 6.45) is 1.50. The number of halogens is 2. The third-order valence-electron chi connectivity index (χ3n) is 4.12. The number of amides is 1. The Kier molecular flexibility index (Phi) is 8.15. The van der Waals surface area contributed by atoms with Gasteiger partial charge in [0.2, 0.25) is 0 Å². The summed E-state index contributed by atoms with van der Waals surface area (Å²) in [6, 6.07) is 19.5. The second kappa shape index (κ2) is 11.2. The van der Waals surface area contributed by atoms with Gasteiger partial charge in [0.15, 0.2) is 18.1 Å². The van der Waals surface area contributed by atoms with Crippen LogP contribution in [0.4, 0.5) is 0 Å². The van der Waals surface area contributed by atoms with Crippen LogP contribution in [-0.4, -0.2) is 25.8 Å². The lowest BCUT2D eigenvalue weighted by molar-refractivity contribution is -0.123. The Balaban J connectivity index is 1.52. The van der Waals surface area contributed by atoms with E-state index in [9.17, 15) is 4.79 Å². The first kappa shape index (κ1) is 22.5. The number of carbonyl (C=O) groups excluding carboxylic acids is 1. The third-order valence-corrected chi connectivity index (χ3v) is 4.74. The van der Waals surface area contributed by atoms with E-state index >= 15 is 0 Å². The van der Waals surface area contributed by atoms with E-state index < -0.39 is 5.91 Å². The van der Waals surface area contributed by atoms with E-state index in [1.807, 2.05) is 24.3 Å². The van der Waals surface area contributed by atoms with Crippen molar-refractivity contribution in [1.29, 1.82) is 0 Å². The molecule has 0 fully saturated rings. The second-order valence-corrected chi connectivity index (χ2v) is 7.17. The van der Waals surface area contributed by atoms with Crippen LogP contribution in [0.3, 0.4) is 0 Å². The molecule has 0 aliphatic carbocycles. The first-order chi connectivity index (χ1) is 15.0. The zero-order chi connectivity index (χ0) is 22.1. The van der Waals surface area contributed by atoms with Gasteiger partial charge in [-0.3, -0.25) is 4.79 Å². The topological polar surface area (TPSA) is 69.2 Å². The molecule has 0 aliphatic heterocycles. The number of benzene rings is 3. The number of nitrogens with zero attached hydrogens (tertiary/aromatic N) is 1. The lowest BCUT2D eigenvalue weighted by Crippen LogP contribution is -2.24. The zero-order valence-electron chi connectivity index (χ0n) is 16.7. The average Bonchev–Trinajstić information content (AvgIpc) is 2.78. The molecule has 0 radical (unpaired) electrons. The van der Waals surface area contributed by atoms with Gasteiger partial charge in [-0.05, 0) is 54.1 Å². The molecule has 31 heavy (non-hydrogen) atoms. The summed E-state index contributed by atoms with van der Waals surface area (Å²) in [5.41, 5.74) is 4.01. The van der Waals surface area contributed by atoms with Gasteiger partial charge < -0.3 is 14.2 Å². The number of hydrogen-bond acceptors (Lipinski definition) is 5. The van der Waals surface area contributed by atoms with Crippen molar-refractivity contribution in [2.24, 2.45) is 5.10 Å². The van der Waals surface area contributed by atoms with Crippen molar-refractivity contribution in [1.82, 2.24) is 5.43 Å². The van der Waals surface area contributed by atoms with Crippen molar-refractivity contribution in [3.8, 4) is 17.2 Å². The van der Waals surface area contributed by atoms with E-state index in [2.05, 4.69) is 10.5 Å². The van der Waals surface area contributed by atoms with Crippen LogP contribution in [0.15, 0.2) is 71.8 Å². The van der Waals surface area contributed by atoms with Gasteiger partial charge in [0, 0.05) is 15.6 Å². The van der Waals surface area contributed by atoms with Gasteiger partial charge >= 0.3 is 0 Å². The first-order valence-electron chi connectivity index (χ1n) is 9.29. The van der Waals surface area contributed by atoms with E-state index in [1.54, 1.807) is 49.6 Å². The molecule has 0 spiro atoms. The van der Waals surface area contributed by atoms with E-state index in [0.717, 1.165) is 11.1 Å². The monoisotopic (exact) mass is 458 g/mol. The largest absolute Gasteiger partial charge is 0.493 e. The molecular weight excluding hydrogens is 439 g/mol. The SMILES string of the molecule is COc1cc(/C=N\NC(=O)COc2ccc(Cl)cc2)ccc1OCc1ccccc1Cl. The molecule has 0 saturated carbocycles. The number of nitrogens with one attached hydrogen (secondary N) is 1. The molecule has 3 aromatic rings. The molecule has 3 aromatic carbocycles. The molecule has 0 aliphatic rings. The molecule has 1 N–H and O–H groups in total. The number of carbonyl (C=O) groups is 1. The van der Waals surface area contributed by atoms with Gasteiger partial charge in [-0.15, -0.1) is 0 Å². The molecule has 0 heterocycles. The minimum atomic E-state index is -0.391. The van der Waals surface area contributed by atoms with Crippen molar-refractivity contribution in [2.45, 2.75) is 6.61 Å². The van der Waals surface area contributed by atoms with Gasteiger partial charge in [-0.1, -0.05) is 41.4 Å². The van der Waals surface area contributed by atoms with Crippen LogP contribution in [0.2, 0.25) is 10.0 Å². The van der Waals surface area contributed by atoms with E-state index in [4.69, 9.17) is 37.4 Å². The quantitative estimate of drug-likeness (QED) is 0.357. The summed E-state index contributed by atoms with van der Waals surface area (Å²) < 4.78 is 16.6. The summed E-state index contributed by atoms with van der Waals surface area (Å²) in [7, 11) is 1.55. The van der Waals surface area contributed by atoms with Crippen molar-refractivity contribution >= 4 is 35.3 Å². The van der Waals surface area contributed by atoms with Gasteiger partial charge in [0.25, 0.3) is 5.91 Å². The number of ether oxygens (including phenoxy) is 3. The van der Waals surface area contributed by atoms with Crippen LogP contribution >= 0.6 is 23.2 Å². The number of hydrogen-bond donors (Lipinski definition) is 1. The van der Waals surface area contributed by atoms with Crippen molar-refractivity contribution in [3.05, 3.63) is 87.9 Å². The molecule has 6 nitrogen and oxygen atoms in total. The number of methoxy groups -OCH3 is 1. The summed E-state index contributed by atoms with van der Waals surface area (Å²) in [6.45, 7) is 0.143. The van der Waals surface area contributed by atoms with Crippen LogP contribution in [0.25, 0.3) is 0 Å². The molecular formula is C23H20Cl2N2O4. The van der Waals surface area contributed by atoms with Gasteiger partial charge in [0.1, 0.15) is 12.4 Å². The lowest BCUT2D eigenvalue weighted by Gasteiger charge is -2.12. The Labute approximate surface area is 190 Å². The maximum Gasteiger partial charge on any atom is 0.277 e. The fourth-order valence-electron chi connectivity index (χ4n) is 2.55. The smallest absolute Gasteiger partial charge is 0.277 e. The predicted molar refractivity (Wildman–Crippen MR) is 121 cm³/mol. The van der Waals surface area contributed by atoms with E-state index in [-0.39, 0.29) is 6.61 Å². The molecule has 0 atom stereocenters. The van der Waals surface area contributed by atoms with Crippen LogP contribution in [0.1, 0.15) is 11.1 Å². The van der Waals surface area contributed by atoms with Crippen molar-refractivity contribution in [2.75, 3.05) is 13.7 Å². The van der Waals surface area contributed by atoms with Gasteiger partial charge in [-0.2, -0.15) is 5.10 Å². The summed E-state index contributed by atoms with van der Waals surface area (Å²) in [4.78, 5) is 11.9. The Hall–Kier alpha value is -3.22. The molecule has 1 amide bonds. The molecule has 0 bridgehead atoms. The van der Waals surface area contributed by atoms with Crippen LogP contribution in [-0.2, 0) is 11.4 Å². The second-order valence-electron chi connectivity index (χ2n) is 6.33. The maximum absolute atomic E-state index is 11.9. The standard InChI is InChI=1S/C23H20Cl2N2O4/c1-29-22-12-16(6-11-21(22)31-14-17-4-2-3-5-20(17)25)13-26-27-23(28)15-30-19-9-7-18(24)8-10-19/h2-13H,14-15H2,1H3,(H,27,28)/b26-13-.